The Balaban J connectivity index is 2.28. The third kappa shape index (κ3) is 3.81. The Morgan fingerprint density at radius 2 is 1.45 bits per heavy atom. The normalized spacial score (nSPS) is 12.4. The molecule has 2 rings (SSSR count). The molecule has 0 aliphatic carbocycles. The molecule has 1 N–H and O–H groups in total. The van der Waals surface area contributed by atoms with Crippen molar-refractivity contribution in [3.8, 4) is 0 Å². The second kappa shape index (κ2) is 7.02. The van der Waals surface area contributed by atoms with Crippen LogP contribution in [0.4, 0.5) is 0 Å². The average Bonchev–Trinajstić information content (AvgIpc) is 2.39. The lowest BCUT2D eigenvalue weighted by Gasteiger charge is -2.17. The van der Waals surface area contributed by atoms with Crippen molar-refractivity contribution in [3.05, 3.63) is 67.6 Å². The van der Waals surface area contributed by atoms with E-state index >= 15 is 0 Å². The van der Waals surface area contributed by atoms with Crippen LogP contribution in [-0.2, 0) is 6.42 Å². The van der Waals surface area contributed by atoms with Crippen molar-refractivity contribution in [2.45, 2.75) is 12.3 Å². The molecule has 0 unspecified atom stereocenters. The van der Waals surface area contributed by atoms with Crippen LogP contribution in [0.15, 0.2) is 36.4 Å². The van der Waals surface area contributed by atoms with E-state index in [0.29, 0.717) is 26.5 Å². The first-order chi connectivity index (χ1) is 9.51. The average molecular weight is 350 g/mol. The van der Waals surface area contributed by atoms with Gasteiger partial charge in [0.2, 0.25) is 0 Å². The molecule has 5 heteroatoms. The van der Waals surface area contributed by atoms with Gasteiger partial charge in [-0.15, -0.1) is 0 Å². The van der Waals surface area contributed by atoms with Gasteiger partial charge in [-0.25, -0.2) is 0 Å². The first-order valence-corrected chi connectivity index (χ1v) is 7.52. The van der Waals surface area contributed by atoms with Crippen LogP contribution in [-0.4, -0.2) is 11.7 Å². The molecule has 106 valence electrons. The summed E-state index contributed by atoms with van der Waals surface area (Å²) in [6.07, 6.45) is 0.577. The molecule has 0 aliphatic heterocycles. The van der Waals surface area contributed by atoms with Gasteiger partial charge in [0.25, 0.3) is 0 Å². The van der Waals surface area contributed by atoms with E-state index in [1.54, 1.807) is 24.3 Å². The zero-order valence-electron chi connectivity index (χ0n) is 10.4. The minimum Gasteiger partial charge on any atom is -0.396 e. The zero-order valence-corrected chi connectivity index (χ0v) is 13.4. The fourth-order valence-corrected chi connectivity index (χ4v) is 3.11. The van der Waals surface area contributed by atoms with Gasteiger partial charge >= 0.3 is 0 Å². The van der Waals surface area contributed by atoms with Crippen LogP contribution in [0.25, 0.3) is 0 Å². The van der Waals surface area contributed by atoms with Gasteiger partial charge in [0, 0.05) is 26.0 Å². The molecule has 0 amide bonds. The molecule has 2 aromatic carbocycles. The van der Waals surface area contributed by atoms with Crippen LogP contribution >= 0.6 is 46.4 Å². The van der Waals surface area contributed by atoms with E-state index in [1.807, 2.05) is 12.1 Å². The van der Waals surface area contributed by atoms with Gasteiger partial charge < -0.3 is 5.11 Å². The third-order valence-corrected chi connectivity index (χ3v) is 4.25. The van der Waals surface area contributed by atoms with Crippen LogP contribution in [0, 0.1) is 0 Å². The topological polar surface area (TPSA) is 20.2 Å². The fraction of sp³-hybridized carbons (Fsp3) is 0.200. The highest BCUT2D eigenvalue weighted by atomic mass is 35.5. The molecule has 0 spiro atoms. The lowest BCUT2D eigenvalue weighted by atomic mass is 9.92. The number of aliphatic hydroxyl groups is 1. The molecular formula is C15H12Cl4O. The monoisotopic (exact) mass is 348 g/mol. The highest BCUT2D eigenvalue weighted by molar-refractivity contribution is 6.35. The predicted molar refractivity (Wildman–Crippen MR) is 86.5 cm³/mol. The van der Waals surface area contributed by atoms with Crippen molar-refractivity contribution in [2.75, 3.05) is 6.61 Å². The second-order valence-electron chi connectivity index (χ2n) is 4.49. The molecule has 0 aliphatic rings. The Morgan fingerprint density at radius 3 is 2.00 bits per heavy atom. The second-order valence-corrected chi connectivity index (χ2v) is 6.17. The Bertz CT molecular complexity index is 613. The standard InChI is InChI=1S/C15H12Cl4O/c16-11-2-1-9(14(18)6-11)5-10(8-20)13-4-3-12(17)7-15(13)19/h1-4,6-7,10,20H,5,8H2/t10-/m1/s1. The van der Waals surface area contributed by atoms with Crippen molar-refractivity contribution in [3.63, 3.8) is 0 Å². The number of hydrogen-bond acceptors (Lipinski definition) is 1. The summed E-state index contributed by atoms with van der Waals surface area (Å²) in [5, 5.41) is 11.9. The molecule has 0 fully saturated rings. The van der Waals surface area contributed by atoms with E-state index in [1.165, 1.54) is 0 Å². The summed E-state index contributed by atoms with van der Waals surface area (Å²) < 4.78 is 0. The lowest BCUT2D eigenvalue weighted by molar-refractivity contribution is 0.264. The maximum Gasteiger partial charge on any atom is 0.0503 e. The molecule has 2 aromatic rings. The van der Waals surface area contributed by atoms with E-state index in [0.717, 1.165) is 11.1 Å². The van der Waals surface area contributed by atoms with Gasteiger partial charge in [-0.1, -0.05) is 58.5 Å². The van der Waals surface area contributed by atoms with Crippen molar-refractivity contribution >= 4 is 46.4 Å². The van der Waals surface area contributed by atoms with Crippen LogP contribution < -0.4 is 0 Å². The molecule has 0 aromatic heterocycles. The fourth-order valence-electron chi connectivity index (χ4n) is 2.06. The first kappa shape index (κ1) is 15.9. The molecule has 0 heterocycles. The molecule has 0 bridgehead atoms. The van der Waals surface area contributed by atoms with E-state index < -0.39 is 0 Å². The molecule has 0 saturated heterocycles. The molecule has 0 saturated carbocycles. The van der Waals surface area contributed by atoms with Gasteiger partial charge in [-0.05, 0) is 41.8 Å². The minimum atomic E-state index is -0.140. The minimum absolute atomic E-state index is 0.0275. The van der Waals surface area contributed by atoms with E-state index in [2.05, 4.69) is 0 Å². The van der Waals surface area contributed by atoms with Crippen molar-refractivity contribution in [2.24, 2.45) is 0 Å². The molecular weight excluding hydrogens is 338 g/mol. The number of halogens is 4. The summed E-state index contributed by atoms with van der Waals surface area (Å²) in [5.74, 6) is -0.140. The lowest BCUT2D eigenvalue weighted by Crippen LogP contribution is -2.09. The molecule has 0 radical (unpaired) electrons. The van der Waals surface area contributed by atoms with Crippen LogP contribution in [0.1, 0.15) is 17.0 Å². The van der Waals surface area contributed by atoms with E-state index in [9.17, 15) is 5.11 Å². The Kier molecular flexibility index (Phi) is 5.59. The summed E-state index contributed by atoms with van der Waals surface area (Å²) in [5.41, 5.74) is 1.77. The Morgan fingerprint density at radius 1 is 0.850 bits per heavy atom. The summed E-state index contributed by atoms with van der Waals surface area (Å²) >= 11 is 24.1. The maximum absolute atomic E-state index is 9.62. The molecule has 20 heavy (non-hydrogen) atoms. The van der Waals surface area contributed by atoms with Gasteiger partial charge in [0.15, 0.2) is 0 Å². The zero-order chi connectivity index (χ0) is 14.7. The third-order valence-electron chi connectivity index (χ3n) is 3.10. The number of benzene rings is 2. The Hall–Kier alpha value is -0.440. The van der Waals surface area contributed by atoms with Crippen molar-refractivity contribution < 1.29 is 5.11 Å². The van der Waals surface area contributed by atoms with Crippen LogP contribution in [0.3, 0.4) is 0 Å². The number of rotatable bonds is 4. The smallest absolute Gasteiger partial charge is 0.0503 e. The molecule has 1 atom stereocenters. The van der Waals surface area contributed by atoms with E-state index in [4.69, 9.17) is 46.4 Å². The van der Waals surface area contributed by atoms with Gasteiger partial charge in [-0.3, -0.25) is 0 Å². The van der Waals surface area contributed by atoms with Gasteiger partial charge in [0.05, 0.1) is 6.61 Å². The number of hydrogen-bond donors (Lipinski definition) is 1. The highest BCUT2D eigenvalue weighted by Gasteiger charge is 2.16. The van der Waals surface area contributed by atoms with Gasteiger partial charge in [0.1, 0.15) is 0 Å². The predicted octanol–water partition coefficient (Wildman–Crippen LogP) is 5.62. The number of aliphatic hydroxyl groups excluding tert-OH is 1. The first-order valence-electron chi connectivity index (χ1n) is 6.01. The van der Waals surface area contributed by atoms with Crippen LogP contribution in [0.2, 0.25) is 20.1 Å². The quantitative estimate of drug-likeness (QED) is 0.759. The van der Waals surface area contributed by atoms with E-state index in [-0.39, 0.29) is 12.5 Å². The molecule has 1 nitrogen and oxygen atoms in total. The SMILES string of the molecule is OC[C@@H](Cc1ccc(Cl)cc1Cl)c1ccc(Cl)cc1Cl. The highest BCUT2D eigenvalue weighted by Crippen LogP contribution is 2.32. The Labute approximate surface area is 138 Å². The summed E-state index contributed by atoms with van der Waals surface area (Å²) in [6, 6.07) is 10.6. The van der Waals surface area contributed by atoms with Crippen LogP contribution in [0.5, 0.6) is 0 Å². The maximum atomic E-state index is 9.62. The van der Waals surface area contributed by atoms with Gasteiger partial charge in [-0.2, -0.15) is 0 Å². The summed E-state index contributed by atoms with van der Waals surface area (Å²) in [7, 11) is 0. The van der Waals surface area contributed by atoms with Crippen molar-refractivity contribution in [1.82, 2.24) is 0 Å². The summed E-state index contributed by atoms with van der Waals surface area (Å²) in [4.78, 5) is 0. The van der Waals surface area contributed by atoms with Crippen molar-refractivity contribution in [1.29, 1.82) is 0 Å². The largest absolute Gasteiger partial charge is 0.396 e. The summed E-state index contributed by atoms with van der Waals surface area (Å²) in [6.45, 7) is -0.0275.